The first-order valence-corrected chi connectivity index (χ1v) is 7.82. The molecule has 0 aliphatic rings. The van der Waals surface area contributed by atoms with Gasteiger partial charge in [0, 0.05) is 30.9 Å². The zero-order chi connectivity index (χ0) is 13.7. The molecule has 0 saturated carbocycles. The van der Waals surface area contributed by atoms with E-state index in [2.05, 4.69) is 38.1 Å². The zero-order valence-electron chi connectivity index (χ0n) is 11.4. The monoisotopic (exact) mass is 294 g/mol. The maximum atomic E-state index is 4.51. The van der Waals surface area contributed by atoms with Gasteiger partial charge in [-0.05, 0) is 25.5 Å². The van der Waals surface area contributed by atoms with Crippen LogP contribution in [0.1, 0.15) is 9.88 Å². The minimum atomic E-state index is 0.826. The average Bonchev–Trinajstić information content (AvgIpc) is 3.03. The molecule has 0 bridgehead atoms. The number of aryl methyl sites for hydroxylation is 1. The highest BCUT2D eigenvalue weighted by Gasteiger charge is 2.06. The lowest BCUT2D eigenvalue weighted by atomic mass is 10.3. The summed E-state index contributed by atoms with van der Waals surface area (Å²) >= 11 is 3.51. The third kappa shape index (κ3) is 3.78. The third-order valence-electron chi connectivity index (χ3n) is 2.66. The first kappa shape index (κ1) is 14.0. The Morgan fingerprint density at radius 2 is 2.26 bits per heavy atom. The summed E-state index contributed by atoms with van der Waals surface area (Å²) in [5, 5.41) is 9.49. The predicted molar refractivity (Wildman–Crippen MR) is 84.3 cm³/mol. The molecule has 0 fully saturated rings. The van der Waals surface area contributed by atoms with Crippen molar-refractivity contribution < 1.29 is 0 Å². The topological polar surface area (TPSA) is 49.3 Å². The van der Waals surface area contributed by atoms with Gasteiger partial charge in [-0.2, -0.15) is 0 Å². The van der Waals surface area contributed by atoms with E-state index in [0.29, 0.717) is 0 Å². The maximum absolute atomic E-state index is 4.51. The van der Waals surface area contributed by atoms with Gasteiger partial charge >= 0.3 is 0 Å². The fourth-order valence-corrected chi connectivity index (χ4v) is 3.37. The average molecular weight is 294 g/mol. The van der Waals surface area contributed by atoms with Crippen molar-refractivity contribution in [3.8, 4) is 10.6 Å². The molecular formula is C13H18N4S2. The van der Waals surface area contributed by atoms with Crippen molar-refractivity contribution >= 4 is 28.6 Å². The zero-order valence-corrected chi connectivity index (χ0v) is 13.0. The molecule has 2 rings (SSSR count). The summed E-state index contributed by atoms with van der Waals surface area (Å²) in [6.45, 7) is 2.92. The summed E-state index contributed by atoms with van der Waals surface area (Å²) in [5.74, 6) is 0.826. The Morgan fingerprint density at radius 3 is 2.89 bits per heavy atom. The SMILES string of the molecule is CN=C(NC)NCCc1ccc(-c2csc(C)n2)s1. The Labute approximate surface area is 121 Å². The number of aliphatic imine (C=N–C) groups is 1. The molecule has 0 aromatic carbocycles. The van der Waals surface area contributed by atoms with Crippen LogP contribution in [0.4, 0.5) is 0 Å². The highest BCUT2D eigenvalue weighted by molar-refractivity contribution is 7.16. The van der Waals surface area contributed by atoms with Crippen LogP contribution in [0, 0.1) is 6.92 Å². The van der Waals surface area contributed by atoms with Gasteiger partial charge in [-0.25, -0.2) is 4.98 Å². The van der Waals surface area contributed by atoms with Crippen LogP contribution in [0.15, 0.2) is 22.5 Å². The number of nitrogens with one attached hydrogen (secondary N) is 2. The van der Waals surface area contributed by atoms with Gasteiger partial charge in [0.25, 0.3) is 0 Å². The van der Waals surface area contributed by atoms with E-state index in [-0.39, 0.29) is 0 Å². The molecule has 0 amide bonds. The van der Waals surface area contributed by atoms with Gasteiger partial charge in [0.1, 0.15) is 0 Å². The second kappa shape index (κ2) is 6.68. The van der Waals surface area contributed by atoms with E-state index in [9.17, 15) is 0 Å². The predicted octanol–water partition coefficient (Wildman–Crippen LogP) is 2.52. The first-order chi connectivity index (χ1) is 9.22. The standard InChI is InChI=1S/C13H18N4S2/c1-9-17-11(8-18-9)12-5-4-10(19-12)6-7-16-13(14-2)15-3/h4-5,8H,6-7H2,1-3H3,(H2,14,15,16). The van der Waals surface area contributed by atoms with E-state index >= 15 is 0 Å². The van der Waals surface area contributed by atoms with Crippen LogP contribution in [0.3, 0.4) is 0 Å². The molecule has 0 spiro atoms. The number of hydrogen-bond donors (Lipinski definition) is 2. The number of hydrogen-bond acceptors (Lipinski definition) is 4. The molecule has 0 radical (unpaired) electrons. The fraction of sp³-hybridized carbons (Fsp3) is 0.385. The van der Waals surface area contributed by atoms with Crippen molar-refractivity contribution in [1.82, 2.24) is 15.6 Å². The Hall–Kier alpha value is -1.40. The largest absolute Gasteiger partial charge is 0.359 e. The smallest absolute Gasteiger partial charge is 0.190 e. The molecule has 102 valence electrons. The van der Waals surface area contributed by atoms with Crippen molar-refractivity contribution in [1.29, 1.82) is 0 Å². The summed E-state index contributed by atoms with van der Waals surface area (Å²) in [5.41, 5.74) is 1.10. The normalized spacial score (nSPS) is 11.6. The molecule has 0 saturated heterocycles. The van der Waals surface area contributed by atoms with Gasteiger partial charge in [-0.15, -0.1) is 22.7 Å². The Kier molecular flexibility index (Phi) is 4.93. The highest BCUT2D eigenvalue weighted by Crippen LogP contribution is 2.29. The van der Waals surface area contributed by atoms with Crippen LogP contribution in [0.25, 0.3) is 10.6 Å². The Bertz CT molecular complexity index is 556. The minimum Gasteiger partial charge on any atom is -0.359 e. The molecule has 19 heavy (non-hydrogen) atoms. The second-order valence-corrected chi connectivity index (χ2v) is 6.25. The molecule has 0 aliphatic heterocycles. The van der Waals surface area contributed by atoms with E-state index in [1.54, 1.807) is 18.4 Å². The van der Waals surface area contributed by atoms with Gasteiger partial charge in [-0.3, -0.25) is 4.99 Å². The molecule has 0 atom stereocenters. The lowest BCUT2D eigenvalue weighted by Gasteiger charge is -2.06. The van der Waals surface area contributed by atoms with Crippen LogP contribution in [0.2, 0.25) is 0 Å². The number of thiazole rings is 1. The van der Waals surface area contributed by atoms with Gasteiger partial charge in [0.2, 0.25) is 0 Å². The van der Waals surface area contributed by atoms with Crippen LogP contribution in [-0.2, 0) is 6.42 Å². The quantitative estimate of drug-likeness (QED) is 0.673. The van der Waals surface area contributed by atoms with Crippen molar-refractivity contribution in [2.24, 2.45) is 4.99 Å². The first-order valence-electron chi connectivity index (χ1n) is 6.12. The number of nitrogens with zero attached hydrogens (tertiary/aromatic N) is 2. The molecule has 0 unspecified atom stereocenters. The van der Waals surface area contributed by atoms with Crippen molar-refractivity contribution in [2.45, 2.75) is 13.3 Å². The summed E-state index contributed by atoms with van der Waals surface area (Å²) in [7, 11) is 3.63. The van der Waals surface area contributed by atoms with Crippen molar-refractivity contribution in [2.75, 3.05) is 20.6 Å². The van der Waals surface area contributed by atoms with Crippen LogP contribution in [0.5, 0.6) is 0 Å². The fourth-order valence-electron chi connectivity index (χ4n) is 1.71. The Morgan fingerprint density at radius 1 is 1.42 bits per heavy atom. The number of thiophene rings is 1. The van der Waals surface area contributed by atoms with Crippen LogP contribution < -0.4 is 10.6 Å². The van der Waals surface area contributed by atoms with Gasteiger partial charge in [0.05, 0.1) is 15.6 Å². The van der Waals surface area contributed by atoms with E-state index in [0.717, 1.165) is 29.6 Å². The van der Waals surface area contributed by atoms with E-state index in [1.807, 2.05) is 25.3 Å². The lowest BCUT2D eigenvalue weighted by molar-refractivity contribution is 0.842. The van der Waals surface area contributed by atoms with Crippen molar-refractivity contribution in [3.05, 3.63) is 27.4 Å². The highest BCUT2D eigenvalue weighted by atomic mass is 32.1. The van der Waals surface area contributed by atoms with E-state index in [4.69, 9.17) is 0 Å². The molecule has 6 heteroatoms. The van der Waals surface area contributed by atoms with Crippen molar-refractivity contribution in [3.63, 3.8) is 0 Å². The molecule has 2 heterocycles. The third-order valence-corrected chi connectivity index (χ3v) is 4.60. The Balaban J connectivity index is 1.91. The molecule has 2 aromatic rings. The number of aromatic nitrogens is 1. The molecule has 2 N–H and O–H groups in total. The van der Waals surface area contributed by atoms with Gasteiger partial charge in [0.15, 0.2) is 5.96 Å². The molecule has 4 nitrogen and oxygen atoms in total. The summed E-state index contributed by atoms with van der Waals surface area (Å²) < 4.78 is 0. The molecular weight excluding hydrogens is 276 g/mol. The van der Waals surface area contributed by atoms with Gasteiger partial charge in [-0.1, -0.05) is 0 Å². The van der Waals surface area contributed by atoms with Crippen LogP contribution >= 0.6 is 22.7 Å². The number of guanidine groups is 1. The summed E-state index contributed by atoms with van der Waals surface area (Å²) in [6.07, 6.45) is 0.995. The van der Waals surface area contributed by atoms with Gasteiger partial charge < -0.3 is 10.6 Å². The van der Waals surface area contributed by atoms with Crippen LogP contribution in [-0.4, -0.2) is 31.6 Å². The van der Waals surface area contributed by atoms with E-state index in [1.165, 1.54) is 9.75 Å². The number of rotatable bonds is 4. The minimum absolute atomic E-state index is 0.826. The molecule has 0 aliphatic carbocycles. The molecule has 2 aromatic heterocycles. The summed E-state index contributed by atoms with van der Waals surface area (Å²) in [6, 6.07) is 4.33. The van der Waals surface area contributed by atoms with E-state index < -0.39 is 0 Å². The summed E-state index contributed by atoms with van der Waals surface area (Å²) in [4.78, 5) is 11.2. The lowest BCUT2D eigenvalue weighted by Crippen LogP contribution is -2.35. The second-order valence-electron chi connectivity index (χ2n) is 4.02. The maximum Gasteiger partial charge on any atom is 0.190 e.